The fourth-order valence-corrected chi connectivity index (χ4v) is 4.61. The predicted molar refractivity (Wildman–Crippen MR) is 147 cm³/mol. The Morgan fingerprint density at radius 3 is 2.36 bits per heavy atom. The number of aromatic hydroxyl groups is 1. The van der Waals surface area contributed by atoms with Crippen LogP contribution in [0.5, 0.6) is 28.7 Å². The second kappa shape index (κ2) is 12.0. The van der Waals surface area contributed by atoms with Gasteiger partial charge in [0, 0.05) is 17.5 Å². The van der Waals surface area contributed by atoms with Crippen LogP contribution >= 0.6 is 12.4 Å². The maximum Gasteiger partial charge on any atom is 0.143 e. The highest BCUT2D eigenvalue weighted by atomic mass is 35.5. The molecular formula is C30H32ClNO4. The summed E-state index contributed by atoms with van der Waals surface area (Å²) in [5.41, 5.74) is 1.94. The van der Waals surface area contributed by atoms with Crippen LogP contribution in [0.3, 0.4) is 0 Å². The van der Waals surface area contributed by atoms with Gasteiger partial charge in [0.25, 0.3) is 0 Å². The van der Waals surface area contributed by atoms with Gasteiger partial charge in [0.1, 0.15) is 35.4 Å². The molecule has 1 heterocycles. The fourth-order valence-electron chi connectivity index (χ4n) is 4.61. The van der Waals surface area contributed by atoms with Crippen molar-refractivity contribution in [2.24, 2.45) is 0 Å². The Morgan fingerprint density at radius 2 is 1.58 bits per heavy atom. The van der Waals surface area contributed by atoms with Crippen LogP contribution in [0, 0.1) is 0 Å². The molecule has 4 aromatic rings. The lowest BCUT2D eigenvalue weighted by molar-refractivity contribution is 0.183. The van der Waals surface area contributed by atoms with Crippen LogP contribution in [0.1, 0.15) is 19.3 Å². The van der Waals surface area contributed by atoms with Gasteiger partial charge in [-0.15, -0.1) is 12.4 Å². The molecule has 1 fully saturated rings. The third kappa shape index (κ3) is 6.04. The monoisotopic (exact) mass is 505 g/mol. The average Bonchev–Trinajstić information content (AvgIpc) is 2.90. The van der Waals surface area contributed by atoms with Crippen molar-refractivity contribution in [1.82, 2.24) is 4.90 Å². The molecular weight excluding hydrogens is 474 g/mol. The number of phenolic OH excluding ortho intramolecular Hbond substituents is 1. The van der Waals surface area contributed by atoms with E-state index < -0.39 is 0 Å². The quantitative estimate of drug-likeness (QED) is 0.272. The molecule has 1 saturated heterocycles. The molecule has 0 atom stereocenters. The molecule has 5 rings (SSSR count). The van der Waals surface area contributed by atoms with E-state index in [4.69, 9.17) is 14.2 Å². The van der Waals surface area contributed by atoms with E-state index in [1.807, 2.05) is 66.7 Å². The molecule has 0 bridgehead atoms. The van der Waals surface area contributed by atoms with E-state index in [0.29, 0.717) is 6.61 Å². The van der Waals surface area contributed by atoms with Gasteiger partial charge in [0.2, 0.25) is 0 Å². The van der Waals surface area contributed by atoms with Crippen LogP contribution in [0.2, 0.25) is 0 Å². The molecule has 0 aliphatic carbocycles. The summed E-state index contributed by atoms with van der Waals surface area (Å²) in [6.07, 6.45) is 3.92. The number of nitrogens with zero attached hydrogens (tertiary/aromatic N) is 1. The van der Waals surface area contributed by atoms with E-state index in [1.165, 1.54) is 32.4 Å². The van der Waals surface area contributed by atoms with Crippen molar-refractivity contribution < 1.29 is 19.3 Å². The number of piperidine rings is 1. The minimum Gasteiger partial charge on any atom is -0.508 e. The number of phenols is 1. The molecule has 36 heavy (non-hydrogen) atoms. The summed E-state index contributed by atoms with van der Waals surface area (Å²) in [7, 11) is 1.66. The second-order valence-electron chi connectivity index (χ2n) is 8.90. The van der Waals surface area contributed by atoms with Crippen molar-refractivity contribution >= 4 is 23.2 Å². The number of rotatable bonds is 8. The lowest BCUT2D eigenvalue weighted by Crippen LogP contribution is -2.33. The number of hydrogen-bond donors (Lipinski definition) is 1. The molecule has 4 aromatic carbocycles. The Hall–Kier alpha value is -3.41. The average molecular weight is 506 g/mol. The zero-order valence-corrected chi connectivity index (χ0v) is 21.3. The number of benzene rings is 4. The van der Waals surface area contributed by atoms with Crippen molar-refractivity contribution in [3.05, 3.63) is 78.9 Å². The maximum absolute atomic E-state index is 9.98. The van der Waals surface area contributed by atoms with Crippen LogP contribution in [0.15, 0.2) is 78.9 Å². The highest BCUT2D eigenvalue weighted by Gasteiger charge is 2.14. The number of halogens is 1. The van der Waals surface area contributed by atoms with Crippen LogP contribution in [-0.2, 0) is 0 Å². The largest absolute Gasteiger partial charge is 0.508 e. The van der Waals surface area contributed by atoms with E-state index in [-0.39, 0.29) is 18.2 Å². The van der Waals surface area contributed by atoms with Crippen molar-refractivity contribution in [1.29, 1.82) is 0 Å². The minimum absolute atomic E-state index is 0. The molecule has 0 radical (unpaired) electrons. The molecule has 1 aliphatic heterocycles. The van der Waals surface area contributed by atoms with Gasteiger partial charge in [0.15, 0.2) is 0 Å². The Bertz CT molecular complexity index is 1290. The predicted octanol–water partition coefficient (Wildman–Crippen LogP) is 7.30. The summed E-state index contributed by atoms with van der Waals surface area (Å²) in [6, 6.07) is 25.0. The molecule has 188 valence electrons. The van der Waals surface area contributed by atoms with Crippen molar-refractivity contribution in [3.8, 4) is 39.9 Å². The number of fused-ring (bicyclic) bond motifs is 1. The molecule has 0 aromatic heterocycles. The molecule has 0 saturated carbocycles. The van der Waals surface area contributed by atoms with Crippen LogP contribution in [0.4, 0.5) is 0 Å². The number of methoxy groups -OCH3 is 1. The molecule has 1 N–H and O–H groups in total. The van der Waals surface area contributed by atoms with Crippen LogP contribution in [-0.4, -0.2) is 43.4 Å². The molecule has 0 unspecified atom stereocenters. The van der Waals surface area contributed by atoms with Gasteiger partial charge < -0.3 is 19.3 Å². The smallest absolute Gasteiger partial charge is 0.143 e. The Morgan fingerprint density at radius 1 is 0.806 bits per heavy atom. The lowest BCUT2D eigenvalue weighted by atomic mass is 9.99. The van der Waals surface area contributed by atoms with Gasteiger partial charge in [-0.25, -0.2) is 0 Å². The Labute approximate surface area is 218 Å². The van der Waals surface area contributed by atoms with Gasteiger partial charge in [-0.2, -0.15) is 0 Å². The summed E-state index contributed by atoms with van der Waals surface area (Å²) in [6.45, 7) is 4.00. The van der Waals surface area contributed by atoms with Crippen molar-refractivity contribution in [2.75, 3.05) is 33.4 Å². The van der Waals surface area contributed by atoms with Gasteiger partial charge in [0.05, 0.1) is 7.11 Å². The molecule has 0 amide bonds. The number of ether oxygens (including phenoxy) is 3. The number of hydrogen-bond acceptors (Lipinski definition) is 5. The van der Waals surface area contributed by atoms with Gasteiger partial charge >= 0.3 is 0 Å². The third-order valence-electron chi connectivity index (χ3n) is 6.50. The van der Waals surface area contributed by atoms with Crippen molar-refractivity contribution in [2.45, 2.75) is 19.3 Å². The highest BCUT2D eigenvalue weighted by molar-refractivity contribution is 5.96. The summed E-state index contributed by atoms with van der Waals surface area (Å²) in [5.74, 6) is 3.30. The summed E-state index contributed by atoms with van der Waals surface area (Å²) in [4.78, 5) is 2.47. The van der Waals surface area contributed by atoms with Gasteiger partial charge in [-0.1, -0.05) is 24.6 Å². The van der Waals surface area contributed by atoms with E-state index in [1.54, 1.807) is 19.2 Å². The summed E-state index contributed by atoms with van der Waals surface area (Å²) >= 11 is 0. The SMILES string of the molecule is COc1cccc(-c2ccc3cc(O)ccc3c2Oc2ccc(OCCN3CCCCC3)cc2)c1.Cl. The number of likely N-dealkylation sites (tertiary alicyclic amines) is 1. The zero-order valence-electron chi connectivity index (χ0n) is 20.5. The fraction of sp³-hybridized carbons (Fsp3) is 0.267. The molecule has 1 aliphatic rings. The van der Waals surface area contributed by atoms with Crippen molar-refractivity contribution in [3.63, 3.8) is 0 Å². The first-order valence-corrected chi connectivity index (χ1v) is 12.2. The van der Waals surface area contributed by atoms with E-state index in [2.05, 4.69) is 4.90 Å². The van der Waals surface area contributed by atoms with E-state index >= 15 is 0 Å². The second-order valence-corrected chi connectivity index (χ2v) is 8.90. The summed E-state index contributed by atoms with van der Waals surface area (Å²) in [5, 5.41) is 11.8. The molecule has 5 nitrogen and oxygen atoms in total. The van der Waals surface area contributed by atoms with E-state index in [9.17, 15) is 5.11 Å². The third-order valence-corrected chi connectivity index (χ3v) is 6.50. The zero-order chi connectivity index (χ0) is 24.0. The Balaban J connectivity index is 0.00000304. The maximum atomic E-state index is 9.98. The Kier molecular flexibility index (Phi) is 8.57. The lowest BCUT2D eigenvalue weighted by Gasteiger charge is -2.26. The normalized spacial score (nSPS) is 13.7. The van der Waals surface area contributed by atoms with Gasteiger partial charge in [-0.05, 0) is 97.5 Å². The molecule has 6 heteroatoms. The topological polar surface area (TPSA) is 51.2 Å². The first kappa shape index (κ1) is 25.7. The molecule has 0 spiro atoms. The standard InChI is InChI=1S/C30H31NO4.ClH/c1-33-27-7-5-6-22(21-27)28-14-8-23-20-24(32)9-15-29(23)30(28)35-26-12-10-25(11-13-26)34-19-18-31-16-3-2-4-17-31;/h5-15,20-21,32H,2-4,16-19H2,1H3;1H. The highest BCUT2D eigenvalue weighted by Crippen LogP contribution is 2.41. The first-order chi connectivity index (χ1) is 17.2. The van der Waals surface area contributed by atoms with E-state index in [0.717, 1.165) is 51.4 Å². The van der Waals surface area contributed by atoms with Crippen LogP contribution in [0.25, 0.3) is 21.9 Å². The summed E-state index contributed by atoms with van der Waals surface area (Å²) < 4.78 is 17.9. The van der Waals surface area contributed by atoms with Gasteiger partial charge in [-0.3, -0.25) is 4.90 Å². The minimum atomic E-state index is 0. The van der Waals surface area contributed by atoms with Crippen LogP contribution < -0.4 is 14.2 Å². The first-order valence-electron chi connectivity index (χ1n) is 12.2.